The SMILES string of the molecule is C#Cc1cccc2cc(-c3nc(C4CCC(C(=O)Nc5cccnc5)CC4)n4ccnc(N)c34)[nH]c12. The molecular weight excluding hydrogens is 450 g/mol. The number of nitrogen functional groups attached to an aromatic ring is 1. The molecular formula is C28H25N7O. The number of terminal acetylenes is 1. The third-order valence-corrected chi connectivity index (χ3v) is 7.07. The molecule has 0 unspecified atom stereocenters. The van der Waals surface area contributed by atoms with E-state index in [1.165, 1.54) is 0 Å². The van der Waals surface area contributed by atoms with Crippen molar-refractivity contribution in [3.63, 3.8) is 0 Å². The van der Waals surface area contributed by atoms with Crippen molar-refractivity contribution < 1.29 is 4.79 Å². The predicted molar refractivity (Wildman–Crippen MR) is 140 cm³/mol. The summed E-state index contributed by atoms with van der Waals surface area (Å²) in [6.45, 7) is 0. The molecule has 1 fully saturated rings. The second kappa shape index (κ2) is 8.86. The average Bonchev–Trinajstić information content (AvgIpc) is 3.52. The molecule has 0 aliphatic heterocycles. The Labute approximate surface area is 208 Å². The lowest BCUT2D eigenvalue weighted by molar-refractivity contribution is -0.120. The molecule has 6 rings (SSSR count). The van der Waals surface area contributed by atoms with Crippen molar-refractivity contribution in [1.82, 2.24) is 24.3 Å². The van der Waals surface area contributed by atoms with Crippen molar-refractivity contribution in [1.29, 1.82) is 0 Å². The number of anilines is 2. The summed E-state index contributed by atoms with van der Waals surface area (Å²) in [5.74, 6) is 4.33. The van der Waals surface area contributed by atoms with Gasteiger partial charge >= 0.3 is 0 Å². The summed E-state index contributed by atoms with van der Waals surface area (Å²) >= 11 is 0. The third kappa shape index (κ3) is 3.75. The number of nitrogens with one attached hydrogen (secondary N) is 2. The van der Waals surface area contributed by atoms with Crippen LogP contribution in [0.4, 0.5) is 11.5 Å². The Morgan fingerprint density at radius 1 is 1.17 bits per heavy atom. The van der Waals surface area contributed by atoms with E-state index in [1.807, 2.05) is 40.9 Å². The maximum Gasteiger partial charge on any atom is 0.227 e. The Hall–Kier alpha value is -4.64. The minimum absolute atomic E-state index is 0.0326. The second-order valence-corrected chi connectivity index (χ2v) is 9.23. The van der Waals surface area contributed by atoms with E-state index in [1.54, 1.807) is 18.6 Å². The Bertz CT molecular complexity index is 1620. The first-order chi connectivity index (χ1) is 17.6. The molecule has 178 valence electrons. The highest BCUT2D eigenvalue weighted by molar-refractivity contribution is 5.94. The van der Waals surface area contributed by atoms with Crippen LogP contribution in [-0.4, -0.2) is 30.2 Å². The Kier molecular flexibility index (Phi) is 5.38. The molecule has 8 heteroatoms. The fourth-order valence-corrected chi connectivity index (χ4v) is 5.26. The highest BCUT2D eigenvalue weighted by Gasteiger charge is 2.31. The number of aromatic nitrogens is 5. The van der Waals surface area contributed by atoms with Crippen molar-refractivity contribution in [3.8, 4) is 23.7 Å². The molecule has 8 nitrogen and oxygen atoms in total. The summed E-state index contributed by atoms with van der Waals surface area (Å²) < 4.78 is 2.05. The van der Waals surface area contributed by atoms with Gasteiger partial charge in [-0.1, -0.05) is 18.1 Å². The maximum atomic E-state index is 12.8. The number of hydrogen-bond acceptors (Lipinski definition) is 5. The van der Waals surface area contributed by atoms with Gasteiger partial charge in [0.2, 0.25) is 5.91 Å². The predicted octanol–water partition coefficient (Wildman–Crippen LogP) is 4.75. The molecule has 0 radical (unpaired) electrons. The molecule has 0 atom stereocenters. The summed E-state index contributed by atoms with van der Waals surface area (Å²) in [6, 6.07) is 11.6. The van der Waals surface area contributed by atoms with E-state index in [9.17, 15) is 4.79 Å². The number of H-pyrrole nitrogens is 1. The number of imidazole rings is 1. The van der Waals surface area contributed by atoms with Gasteiger partial charge in [-0.2, -0.15) is 0 Å². The minimum Gasteiger partial charge on any atom is -0.382 e. The van der Waals surface area contributed by atoms with Gasteiger partial charge in [0.15, 0.2) is 0 Å². The van der Waals surface area contributed by atoms with Gasteiger partial charge in [0.1, 0.15) is 22.9 Å². The number of hydrogen-bond donors (Lipinski definition) is 3. The van der Waals surface area contributed by atoms with Crippen LogP contribution < -0.4 is 11.1 Å². The minimum atomic E-state index is -0.0326. The second-order valence-electron chi connectivity index (χ2n) is 9.23. The molecule has 0 spiro atoms. The van der Waals surface area contributed by atoms with Crippen LogP contribution in [0.5, 0.6) is 0 Å². The van der Waals surface area contributed by atoms with E-state index in [-0.39, 0.29) is 17.7 Å². The van der Waals surface area contributed by atoms with Gasteiger partial charge in [0, 0.05) is 41.4 Å². The molecule has 5 aromatic rings. The smallest absolute Gasteiger partial charge is 0.227 e. The number of carbonyl (C=O) groups excluding carboxylic acids is 1. The zero-order valence-electron chi connectivity index (χ0n) is 19.6. The number of pyridine rings is 1. The van der Waals surface area contributed by atoms with Crippen LogP contribution in [0, 0.1) is 18.3 Å². The highest BCUT2D eigenvalue weighted by atomic mass is 16.1. The maximum absolute atomic E-state index is 12.8. The number of nitrogens with two attached hydrogens (primary N) is 1. The molecule has 1 aromatic carbocycles. The first-order valence-electron chi connectivity index (χ1n) is 12.0. The molecule has 36 heavy (non-hydrogen) atoms. The highest BCUT2D eigenvalue weighted by Crippen LogP contribution is 2.39. The fourth-order valence-electron chi connectivity index (χ4n) is 5.26. The first kappa shape index (κ1) is 21.9. The number of nitrogens with zero attached hydrogens (tertiary/aromatic N) is 4. The van der Waals surface area contributed by atoms with E-state index >= 15 is 0 Å². The molecule has 4 aromatic heterocycles. The number of rotatable bonds is 4. The topological polar surface area (TPSA) is 114 Å². The van der Waals surface area contributed by atoms with E-state index in [4.69, 9.17) is 17.1 Å². The summed E-state index contributed by atoms with van der Waals surface area (Å²) in [6.07, 6.45) is 16.0. The molecule has 0 saturated heterocycles. The first-order valence-corrected chi connectivity index (χ1v) is 12.0. The average molecular weight is 476 g/mol. The Morgan fingerprint density at radius 3 is 2.81 bits per heavy atom. The van der Waals surface area contributed by atoms with Crippen LogP contribution in [-0.2, 0) is 4.79 Å². The van der Waals surface area contributed by atoms with Crippen LogP contribution in [0.1, 0.15) is 43.0 Å². The number of fused-ring (bicyclic) bond motifs is 2. The van der Waals surface area contributed by atoms with Gasteiger partial charge in [0.25, 0.3) is 0 Å². The summed E-state index contributed by atoms with van der Waals surface area (Å²) in [5, 5.41) is 4.00. The van der Waals surface area contributed by atoms with Crippen molar-refractivity contribution >= 4 is 33.8 Å². The van der Waals surface area contributed by atoms with E-state index in [2.05, 4.69) is 32.3 Å². The van der Waals surface area contributed by atoms with Gasteiger partial charge in [-0.15, -0.1) is 6.42 Å². The molecule has 1 aliphatic carbocycles. The zero-order valence-corrected chi connectivity index (χ0v) is 19.6. The van der Waals surface area contributed by atoms with Crippen molar-refractivity contribution in [2.24, 2.45) is 5.92 Å². The summed E-state index contributed by atoms with van der Waals surface area (Å²) in [4.78, 5) is 29.7. The van der Waals surface area contributed by atoms with Crippen molar-refractivity contribution in [2.45, 2.75) is 31.6 Å². The Morgan fingerprint density at radius 2 is 2.03 bits per heavy atom. The lowest BCUT2D eigenvalue weighted by Crippen LogP contribution is -2.27. The molecule has 1 aliphatic rings. The monoisotopic (exact) mass is 475 g/mol. The van der Waals surface area contributed by atoms with Crippen LogP contribution in [0.2, 0.25) is 0 Å². The van der Waals surface area contributed by atoms with Gasteiger partial charge in [-0.05, 0) is 49.9 Å². The molecule has 4 N–H and O–H groups in total. The molecule has 0 bridgehead atoms. The Balaban J connectivity index is 1.30. The standard InChI is InChI=1S/C28H25N7O/c1-2-17-5-3-6-20-15-22(33-23(17)20)24-25-26(29)31-13-14-35(25)27(34-24)18-8-10-19(11-9-18)28(36)32-21-7-4-12-30-16-21/h1,3-7,12-16,18-19,33H,8-11H2,(H2,29,31)(H,32,36). The van der Waals surface area contributed by atoms with Crippen molar-refractivity contribution in [2.75, 3.05) is 11.1 Å². The van der Waals surface area contributed by atoms with Gasteiger partial charge < -0.3 is 16.0 Å². The number of para-hydroxylation sites is 1. The molecule has 1 saturated carbocycles. The number of benzene rings is 1. The van der Waals surface area contributed by atoms with Crippen LogP contribution in [0.15, 0.2) is 61.2 Å². The number of amides is 1. The third-order valence-electron chi connectivity index (χ3n) is 7.07. The lowest BCUT2D eigenvalue weighted by atomic mass is 9.81. The normalized spacial score (nSPS) is 17.8. The molecule has 1 amide bonds. The van der Waals surface area contributed by atoms with Gasteiger partial charge in [0.05, 0.1) is 23.1 Å². The van der Waals surface area contributed by atoms with Gasteiger partial charge in [-0.25, -0.2) is 9.97 Å². The van der Waals surface area contributed by atoms with Gasteiger partial charge in [-0.3, -0.25) is 14.2 Å². The van der Waals surface area contributed by atoms with E-state index in [0.717, 1.165) is 70.6 Å². The fraction of sp³-hybridized carbons (Fsp3) is 0.214. The zero-order chi connectivity index (χ0) is 24.6. The number of aromatic amines is 1. The van der Waals surface area contributed by atoms with Crippen LogP contribution >= 0.6 is 0 Å². The summed E-state index contributed by atoms with van der Waals surface area (Å²) in [5.41, 5.74) is 11.2. The summed E-state index contributed by atoms with van der Waals surface area (Å²) in [7, 11) is 0. The number of carbonyl (C=O) groups is 1. The van der Waals surface area contributed by atoms with Crippen molar-refractivity contribution in [3.05, 3.63) is 72.6 Å². The lowest BCUT2D eigenvalue weighted by Gasteiger charge is -2.27. The quantitative estimate of drug-likeness (QED) is 0.325. The van der Waals surface area contributed by atoms with E-state index < -0.39 is 0 Å². The van der Waals surface area contributed by atoms with Crippen LogP contribution in [0.3, 0.4) is 0 Å². The largest absolute Gasteiger partial charge is 0.382 e. The van der Waals surface area contributed by atoms with Crippen LogP contribution in [0.25, 0.3) is 27.8 Å². The van der Waals surface area contributed by atoms with E-state index in [0.29, 0.717) is 5.82 Å². The molecule has 4 heterocycles.